The summed E-state index contributed by atoms with van der Waals surface area (Å²) in [6, 6.07) is 16.8. The van der Waals surface area contributed by atoms with Crippen molar-refractivity contribution in [2.45, 2.75) is 6.42 Å². The van der Waals surface area contributed by atoms with Crippen molar-refractivity contribution in [2.75, 3.05) is 37.9 Å². The summed E-state index contributed by atoms with van der Waals surface area (Å²) in [6.45, 7) is 0.631. The molecule has 2 aromatic carbocycles. The van der Waals surface area contributed by atoms with E-state index < -0.39 is 0 Å². The zero-order chi connectivity index (χ0) is 18.1. The van der Waals surface area contributed by atoms with Crippen molar-refractivity contribution in [3.05, 3.63) is 60.2 Å². The maximum absolute atomic E-state index is 12.2. The fourth-order valence-corrected chi connectivity index (χ4v) is 2.23. The van der Waals surface area contributed by atoms with E-state index in [0.717, 1.165) is 6.42 Å². The molecule has 0 unspecified atom stereocenters. The van der Waals surface area contributed by atoms with E-state index in [2.05, 4.69) is 10.6 Å². The molecule has 0 bridgehead atoms. The van der Waals surface area contributed by atoms with Crippen molar-refractivity contribution in [2.24, 2.45) is 0 Å². The number of hydrogen-bond donors (Lipinski definition) is 2. The number of nitrogens with zero attached hydrogens (tertiary/aromatic N) is 1. The number of carbonyl (C=O) groups excluding carboxylic acids is 2. The lowest BCUT2D eigenvalue weighted by Crippen LogP contribution is -2.32. The lowest BCUT2D eigenvalue weighted by atomic mass is 10.1. The number of ether oxygens (including phenoxy) is 1. The Labute approximate surface area is 147 Å². The quantitative estimate of drug-likeness (QED) is 0.813. The molecule has 2 aromatic rings. The standard InChI is InChI=1S/C19H23N3O3/c1-22(13-12-15-6-4-3-5-7-15)19(24)21-17-10-8-16(9-11-17)20-18(23)14-25-2/h3-11H,12-14H2,1-2H3,(H,20,23)(H,21,24). The molecule has 2 N–H and O–H groups in total. The molecule has 132 valence electrons. The molecular formula is C19H23N3O3. The first kappa shape index (κ1) is 18.5. The number of amides is 3. The molecule has 2 rings (SSSR count). The van der Waals surface area contributed by atoms with Gasteiger partial charge in [0.25, 0.3) is 0 Å². The van der Waals surface area contributed by atoms with E-state index in [-0.39, 0.29) is 18.5 Å². The smallest absolute Gasteiger partial charge is 0.321 e. The second-order valence-corrected chi connectivity index (χ2v) is 5.65. The highest BCUT2D eigenvalue weighted by Crippen LogP contribution is 2.14. The molecular weight excluding hydrogens is 318 g/mol. The minimum absolute atomic E-state index is 0.00466. The third kappa shape index (κ3) is 6.27. The molecule has 0 saturated heterocycles. The molecule has 0 aliphatic rings. The van der Waals surface area contributed by atoms with Gasteiger partial charge < -0.3 is 20.3 Å². The molecule has 0 aromatic heterocycles. The highest BCUT2D eigenvalue weighted by atomic mass is 16.5. The SMILES string of the molecule is COCC(=O)Nc1ccc(NC(=O)N(C)CCc2ccccc2)cc1. The third-order valence-corrected chi connectivity index (χ3v) is 3.62. The van der Waals surface area contributed by atoms with Crippen LogP contribution in [-0.4, -0.2) is 44.1 Å². The summed E-state index contributed by atoms with van der Waals surface area (Å²) in [5, 5.41) is 5.53. The first-order valence-corrected chi connectivity index (χ1v) is 8.03. The topological polar surface area (TPSA) is 70.7 Å². The van der Waals surface area contributed by atoms with Gasteiger partial charge >= 0.3 is 6.03 Å². The minimum atomic E-state index is -0.222. The van der Waals surface area contributed by atoms with Gasteiger partial charge in [-0.2, -0.15) is 0 Å². The summed E-state index contributed by atoms with van der Waals surface area (Å²) in [6.07, 6.45) is 0.801. The van der Waals surface area contributed by atoms with Crippen LogP contribution in [-0.2, 0) is 16.0 Å². The van der Waals surface area contributed by atoms with Crippen LogP contribution < -0.4 is 10.6 Å². The van der Waals surface area contributed by atoms with E-state index in [9.17, 15) is 9.59 Å². The molecule has 6 nitrogen and oxygen atoms in total. The van der Waals surface area contributed by atoms with E-state index in [1.807, 2.05) is 30.3 Å². The highest BCUT2D eigenvalue weighted by Gasteiger charge is 2.09. The van der Waals surface area contributed by atoms with E-state index >= 15 is 0 Å². The van der Waals surface area contributed by atoms with Crippen molar-refractivity contribution in [3.8, 4) is 0 Å². The van der Waals surface area contributed by atoms with Gasteiger partial charge in [0, 0.05) is 32.1 Å². The lowest BCUT2D eigenvalue weighted by Gasteiger charge is -2.18. The molecule has 0 radical (unpaired) electrons. The summed E-state index contributed by atoms with van der Waals surface area (Å²) in [5.74, 6) is -0.222. The largest absolute Gasteiger partial charge is 0.375 e. The van der Waals surface area contributed by atoms with Crippen LogP contribution in [0, 0.1) is 0 Å². The van der Waals surface area contributed by atoms with Crippen LogP contribution in [0.25, 0.3) is 0 Å². The molecule has 0 heterocycles. The van der Waals surface area contributed by atoms with Gasteiger partial charge in [0.2, 0.25) is 5.91 Å². The molecule has 0 aliphatic heterocycles. The van der Waals surface area contributed by atoms with Crippen molar-refractivity contribution >= 4 is 23.3 Å². The number of carbonyl (C=O) groups is 2. The second kappa shape index (κ2) is 9.44. The number of anilines is 2. The van der Waals surface area contributed by atoms with E-state index in [0.29, 0.717) is 17.9 Å². The fraction of sp³-hybridized carbons (Fsp3) is 0.263. The number of urea groups is 1. The Kier molecular flexibility index (Phi) is 6.98. The van der Waals surface area contributed by atoms with Crippen LogP contribution in [0.1, 0.15) is 5.56 Å². The van der Waals surface area contributed by atoms with Gasteiger partial charge in [-0.25, -0.2) is 4.79 Å². The number of benzene rings is 2. The van der Waals surface area contributed by atoms with Gasteiger partial charge in [0.15, 0.2) is 0 Å². The molecule has 0 fully saturated rings. The molecule has 25 heavy (non-hydrogen) atoms. The van der Waals surface area contributed by atoms with Crippen LogP contribution in [0.2, 0.25) is 0 Å². The van der Waals surface area contributed by atoms with Gasteiger partial charge in [-0.05, 0) is 36.2 Å². The summed E-state index contributed by atoms with van der Waals surface area (Å²) < 4.78 is 4.76. The summed E-state index contributed by atoms with van der Waals surface area (Å²) in [7, 11) is 3.23. The van der Waals surface area contributed by atoms with Crippen LogP contribution in [0.3, 0.4) is 0 Å². The highest BCUT2D eigenvalue weighted by molar-refractivity contribution is 5.93. The Balaban J connectivity index is 1.82. The van der Waals surface area contributed by atoms with E-state index in [1.165, 1.54) is 12.7 Å². The van der Waals surface area contributed by atoms with Gasteiger partial charge in [0.05, 0.1) is 0 Å². The Hall–Kier alpha value is -2.86. The first-order chi connectivity index (χ1) is 12.1. The van der Waals surface area contributed by atoms with Crippen molar-refractivity contribution in [1.82, 2.24) is 4.90 Å². The van der Waals surface area contributed by atoms with Crippen molar-refractivity contribution in [3.63, 3.8) is 0 Å². The fourth-order valence-electron chi connectivity index (χ4n) is 2.23. The lowest BCUT2D eigenvalue weighted by molar-refractivity contribution is -0.119. The molecule has 0 saturated carbocycles. The van der Waals surface area contributed by atoms with Crippen molar-refractivity contribution < 1.29 is 14.3 Å². The summed E-state index contributed by atoms with van der Waals surface area (Å²) in [4.78, 5) is 25.3. The van der Waals surface area contributed by atoms with E-state index in [4.69, 9.17) is 4.74 Å². The van der Waals surface area contributed by atoms with Crippen LogP contribution >= 0.6 is 0 Å². The Morgan fingerprint density at radius 1 is 0.960 bits per heavy atom. The predicted octanol–water partition coefficient (Wildman–Crippen LogP) is 2.98. The predicted molar refractivity (Wildman–Crippen MR) is 98.7 cm³/mol. The zero-order valence-corrected chi connectivity index (χ0v) is 14.5. The Bertz CT molecular complexity index is 687. The maximum Gasteiger partial charge on any atom is 0.321 e. The summed E-state index contributed by atoms with van der Waals surface area (Å²) >= 11 is 0. The van der Waals surface area contributed by atoms with Crippen LogP contribution in [0.15, 0.2) is 54.6 Å². The van der Waals surface area contributed by atoms with Crippen LogP contribution in [0.5, 0.6) is 0 Å². The van der Waals surface area contributed by atoms with E-state index in [1.54, 1.807) is 36.2 Å². The van der Waals surface area contributed by atoms with Gasteiger partial charge in [-0.15, -0.1) is 0 Å². The average molecular weight is 341 g/mol. The average Bonchev–Trinajstić information content (AvgIpc) is 2.62. The van der Waals surface area contributed by atoms with Gasteiger partial charge in [0.1, 0.15) is 6.61 Å². The number of rotatable bonds is 7. The van der Waals surface area contributed by atoms with Crippen LogP contribution in [0.4, 0.5) is 16.2 Å². The Morgan fingerprint density at radius 2 is 1.56 bits per heavy atom. The zero-order valence-electron chi connectivity index (χ0n) is 14.5. The molecule has 0 aliphatic carbocycles. The normalized spacial score (nSPS) is 10.2. The molecule has 0 atom stereocenters. The minimum Gasteiger partial charge on any atom is -0.375 e. The number of hydrogen-bond acceptors (Lipinski definition) is 3. The maximum atomic E-state index is 12.2. The Morgan fingerprint density at radius 3 is 2.16 bits per heavy atom. The number of methoxy groups -OCH3 is 1. The molecule has 6 heteroatoms. The molecule has 0 spiro atoms. The number of likely N-dealkylation sites (N-methyl/N-ethyl adjacent to an activating group) is 1. The van der Waals surface area contributed by atoms with Gasteiger partial charge in [-0.3, -0.25) is 4.79 Å². The monoisotopic (exact) mass is 341 g/mol. The first-order valence-electron chi connectivity index (χ1n) is 8.03. The third-order valence-electron chi connectivity index (χ3n) is 3.62. The second-order valence-electron chi connectivity index (χ2n) is 5.65. The molecule has 3 amide bonds. The number of nitrogens with one attached hydrogen (secondary N) is 2. The van der Waals surface area contributed by atoms with Gasteiger partial charge in [-0.1, -0.05) is 30.3 Å². The van der Waals surface area contributed by atoms with Crippen molar-refractivity contribution in [1.29, 1.82) is 0 Å². The summed E-state index contributed by atoms with van der Waals surface area (Å²) in [5.41, 5.74) is 2.51.